The minimum absolute atomic E-state index is 0.695. The molecule has 4 aromatic rings. The lowest BCUT2D eigenvalue weighted by Crippen LogP contribution is -2.50. The Bertz CT molecular complexity index is 1050. The van der Waals surface area contributed by atoms with Gasteiger partial charge in [0.25, 0.3) is 0 Å². The van der Waals surface area contributed by atoms with Crippen molar-refractivity contribution in [1.82, 2.24) is 0 Å². The van der Waals surface area contributed by atoms with Gasteiger partial charge in [0, 0.05) is 11.1 Å². The minimum atomic E-state index is -0.695. The van der Waals surface area contributed by atoms with E-state index in [4.69, 9.17) is 4.99 Å². The molecule has 1 aliphatic rings. The van der Waals surface area contributed by atoms with E-state index in [0.29, 0.717) is 0 Å². The van der Waals surface area contributed by atoms with Gasteiger partial charge in [-0.3, -0.25) is 0 Å². The van der Waals surface area contributed by atoms with Crippen LogP contribution in [0.3, 0.4) is 0 Å². The summed E-state index contributed by atoms with van der Waals surface area (Å²) < 4.78 is 0. The van der Waals surface area contributed by atoms with E-state index in [1.54, 1.807) is 0 Å². The van der Waals surface area contributed by atoms with Gasteiger partial charge in [0.2, 0.25) is 5.66 Å². The Morgan fingerprint density at radius 3 is 1.38 bits per heavy atom. The highest BCUT2D eigenvalue weighted by Gasteiger charge is 2.47. The third kappa shape index (κ3) is 2.88. The van der Waals surface area contributed by atoms with Crippen LogP contribution in [0.4, 0.5) is 11.4 Å². The van der Waals surface area contributed by atoms with E-state index in [0.717, 1.165) is 22.5 Å². The second-order valence-electron chi connectivity index (χ2n) is 6.98. The number of benzene rings is 4. The molecular formula is C26H21N3. The third-order valence-corrected chi connectivity index (χ3v) is 5.25. The summed E-state index contributed by atoms with van der Waals surface area (Å²) in [4.78, 5) is 5.15. The quantitative estimate of drug-likeness (QED) is 0.445. The first-order chi connectivity index (χ1) is 14.4. The fourth-order valence-electron chi connectivity index (χ4n) is 3.95. The summed E-state index contributed by atoms with van der Waals surface area (Å²) in [7, 11) is 0. The average molecular weight is 375 g/mol. The molecule has 1 aliphatic heterocycles. The summed E-state index contributed by atoms with van der Waals surface area (Å²) in [5, 5.41) is 4.41. The summed E-state index contributed by atoms with van der Waals surface area (Å²) in [6, 6.07) is 41.8. The Balaban J connectivity index is 1.78. The van der Waals surface area contributed by atoms with Crippen LogP contribution in [0.1, 0.15) is 11.1 Å². The van der Waals surface area contributed by atoms with Crippen LogP contribution >= 0.6 is 0 Å². The highest BCUT2D eigenvalue weighted by atomic mass is 15.7. The van der Waals surface area contributed by atoms with Gasteiger partial charge in [-0.2, -0.15) is 0 Å². The van der Waals surface area contributed by atoms with E-state index in [2.05, 4.69) is 107 Å². The zero-order chi connectivity index (χ0) is 19.5. The van der Waals surface area contributed by atoms with Crippen molar-refractivity contribution in [3.05, 3.63) is 132 Å². The molecule has 0 bridgehead atoms. The van der Waals surface area contributed by atoms with Gasteiger partial charge in [0.15, 0.2) is 0 Å². The second-order valence-corrected chi connectivity index (χ2v) is 6.98. The molecule has 0 amide bonds. The van der Waals surface area contributed by atoms with Crippen LogP contribution in [0.15, 0.2) is 126 Å². The van der Waals surface area contributed by atoms with Crippen molar-refractivity contribution in [3.8, 4) is 0 Å². The maximum Gasteiger partial charge on any atom is 0.204 e. The molecule has 0 atom stereocenters. The van der Waals surface area contributed by atoms with Crippen molar-refractivity contribution < 1.29 is 0 Å². The highest BCUT2D eigenvalue weighted by molar-refractivity contribution is 5.89. The maximum absolute atomic E-state index is 5.15. The topological polar surface area (TPSA) is 18.8 Å². The molecule has 4 aromatic carbocycles. The van der Waals surface area contributed by atoms with Crippen molar-refractivity contribution in [2.24, 2.45) is 4.99 Å². The first-order valence-electron chi connectivity index (χ1n) is 9.75. The molecule has 0 aromatic heterocycles. The number of hydrazine groups is 1. The molecule has 5 rings (SSSR count). The Labute approximate surface area is 171 Å². The predicted molar refractivity (Wildman–Crippen MR) is 120 cm³/mol. The summed E-state index contributed by atoms with van der Waals surface area (Å²) in [6.07, 6.45) is 1.93. The predicted octanol–water partition coefficient (Wildman–Crippen LogP) is 5.86. The molecule has 140 valence electrons. The van der Waals surface area contributed by atoms with Crippen molar-refractivity contribution in [1.29, 1.82) is 0 Å². The van der Waals surface area contributed by atoms with Gasteiger partial charge in [-0.05, 0) is 24.3 Å². The van der Waals surface area contributed by atoms with Gasteiger partial charge in [-0.25, -0.2) is 15.0 Å². The standard InChI is InChI=1S/C26H21N3/c1-5-13-22(14-6-1)26(23-15-7-2-8-16-23)27-21-28(24-17-9-3-10-18-24)29(26)25-19-11-4-12-20-25/h1-21H. The van der Waals surface area contributed by atoms with Crippen LogP contribution in [0.5, 0.6) is 0 Å². The van der Waals surface area contributed by atoms with Crippen molar-refractivity contribution in [2.45, 2.75) is 5.66 Å². The van der Waals surface area contributed by atoms with Crippen LogP contribution in [-0.4, -0.2) is 6.34 Å². The Hall–Kier alpha value is -3.85. The maximum atomic E-state index is 5.15. The first kappa shape index (κ1) is 17.3. The largest absolute Gasteiger partial charge is 0.244 e. The van der Waals surface area contributed by atoms with Crippen LogP contribution in [0.25, 0.3) is 0 Å². The molecule has 3 heteroatoms. The van der Waals surface area contributed by atoms with Crippen molar-refractivity contribution in [3.63, 3.8) is 0 Å². The number of para-hydroxylation sites is 2. The van der Waals surface area contributed by atoms with Gasteiger partial charge >= 0.3 is 0 Å². The van der Waals surface area contributed by atoms with E-state index in [-0.39, 0.29) is 0 Å². The van der Waals surface area contributed by atoms with Crippen molar-refractivity contribution >= 4 is 17.7 Å². The number of nitrogens with zero attached hydrogens (tertiary/aromatic N) is 3. The van der Waals surface area contributed by atoms with Gasteiger partial charge in [0.05, 0.1) is 11.4 Å². The van der Waals surface area contributed by atoms with Crippen LogP contribution in [-0.2, 0) is 5.66 Å². The number of aliphatic imine (C=N–C) groups is 1. The lowest BCUT2D eigenvalue weighted by atomic mass is 9.90. The number of anilines is 2. The molecule has 29 heavy (non-hydrogen) atoms. The van der Waals surface area contributed by atoms with E-state index in [1.165, 1.54) is 0 Å². The number of rotatable bonds is 4. The molecule has 3 nitrogen and oxygen atoms in total. The summed E-state index contributed by atoms with van der Waals surface area (Å²) in [6.45, 7) is 0. The molecular weight excluding hydrogens is 354 g/mol. The van der Waals surface area contributed by atoms with Gasteiger partial charge in [-0.15, -0.1) is 0 Å². The average Bonchev–Trinajstić information content (AvgIpc) is 3.23. The fourth-order valence-corrected chi connectivity index (χ4v) is 3.95. The van der Waals surface area contributed by atoms with Gasteiger partial charge < -0.3 is 0 Å². The summed E-state index contributed by atoms with van der Waals surface area (Å²) in [5.74, 6) is 0. The van der Waals surface area contributed by atoms with Crippen molar-refractivity contribution in [2.75, 3.05) is 10.0 Å². The normalized spacial score (nSPS) is 14.9. The SMILES string of the molecule is C1=NC(c2ccccc2)(c2ccccc2)N(c2ccccc2)N1c1ccccc1. The Morgan fingerprint density at radius 1 is 0.483 bits per heavy atom. The zero-order valence-electron chi connectivity index (χ0n) is 16.0. The number of hydrogen-bond donors (Lipinski definition) is 0. The van der Waals surface area contributed by atoms with E-state index in [1.807, 2.05) is 30.6 Å². The highest BCUT2D eigenvalue weighted by Crippen LogP contribution is 2.45. The Kier molecular flexibility index (Phi) is 4.34. The lowest BCUT2D eigenvalue weighted by Gasteiger charge is -2.42. The van der Waals surface area contributed by atoms with E-state index < -0.39 is 5.66 Å². The smallest absolute Gasteiger partial charge is 0.204 e. The molecule has 0 fully saturated rings. The van der Waals surface area contributed by atoms with Gasteiger partial charge in [0.1, 0.15) is 6.34 Å². The first-order valence-corrected chi connectivity index (χ1v) is 9.75. The molecule has 0 radical (unpaired) electrons. The number of hydrogen-bond acceptors (Lipinski definition) is 3. The third-order valence-electron chi connectivity index (χ3n) is 5.25. The zero-order valence-corrected chi connectivity index (χ0v) is 16.0. The Morgan fingerprint density at radius 2 is 0.897 bits per heavy atom. The van der Waals surface area contributed by atoms with Crippen LogP contribution in [0.2, 0.25) is 0 Å². The molecule has 1 heterocycles. The lowest BCUT2D eigenvalue weighted by molar-refractivity contribution is 0.536. The monoisotopic (exact) mass is 375 g/mol. The molecule has 0 unspecified atom stereocenters. The molecule has 0 aliphatic carbocycles. The van der Waals surface area contributed by atoms with Crippen LogP contribution in [0, 0.1) is 0 Å². The second kappa shape index (κ2) is 7.28. The fraction of sp³-hybridized carbons (Fsp3) is 0.0385. The summed E-state index contributed by atoms with van der Waals surface area (Å²) >= 11 is 0. The van der Waals surface area contributed by atoms with Gasteiger partial charge in [-0.1, -0.05) is 97.1 Å². The van der Waals surface area contributed by atoms with Crippen LogP contribution < -0.4 is 10.0 Å². The van der Waals surface area contributed by atoms with E-state index >= 15 is 0 Å². The molecule has 0 saturated carbocycles. The summed E-state index contributed by atoms with van der Waals surface area (Å²) in [5.41, 5.74) is 3.67. The van der Waals surface area contributed by atoms with E-state index in [9.17, 15) is 0 Å². The molecule has 0 saturated heterocycles. The molecule has 0 N–H and O–H groups in total. The molecule has 0 spiro atoms. The minimum Gasteiger partial charge on any atom is -0.244 e.